The Morgan fingerprint density at radius 2 is 1.96 bits per heavy atom. The number of thiophene rings is 1. The van der Waals surface area contributed by atoms with Crippen LogP contribution in [0.3, 0.4) is 0 Å². The summed E-state index contributed by atoms with van der Waals surface area (Å²) in [6, 6.07) is 8.36. The molecule has 2 rings (SSSR count). The van der Waals surface area contributed by atoms with Gasteiger partial charge in [0, 0.05) is 11.1 Å². The molecule has 4 N–H and O–H groups in total. The lowest BCUT2D eigenvalue weighted by Gasteiger charge is -2.14. The van der Waals surface area contributed by atoms with Gasteiger partial charge in [-0.3, -0.25) is 4.79 Å². The Bertz CT molecular complexity index is 921. The third-order valence-corrected chi connectivity index (χ3v) is 6.94. The van der Waals surface area contributed by atoms with Gasteiger partial charge < -0.3 is 11.1 Å². The van der Waals surface area contributed by atoms with E-state index in [2.05, 4.69) is 14.4 Å². The zero-order valence-electron chi connectivity index (χ0n) is 14.8. The maximum absolute atomic E-state index is 13.3. The van der Waals surface area contributed by atoms with Gasteiger partial charge in [-0.05, 0) is 30.5 Å². The molecule has 0 saturated heterocycles. The van der Waals surface area contributed by atoms with Crippen molar-refractivity contribution in [2.45, 2.75) is 30.5 Å². The molecule has 0 spiro atoms. The van der Waals surface area contributed by atoms with Crippen molar-refractivity contribution in [1.82, 2.24) is 4.72 Å². The topological polar surface area (TPSA) is 114 Å². The molecule has 2 atom stereocenters. The van der Waals surface area contributed by atoms with Crippen LogP contribution in [0.5, 0.6) is 0 Å². The number of urea groups is 1. The molecular weight excluding hydrogens is 408 g/mol. The summed E-state index contributed by atoms with van der Waals surface area (Å²) >= 11 is 6.94. The lowest BCUT2D eigenvalue weighted by Crippen LogP contribution is -2.37. The maximum Gasteiger partial charge on any atom is 0.331 e. The van der Waals surface area contributed by atoms with Crippen LogP contribution in [0, 0.1) is 5.92 Å². The summed E-state index contributed by atoms with van der Waals surface area (Å²) in [4.78, 5) is 24.6. The monoisotopic (exact) mass is 428 g/mol. The molecule has 7 nitrogen and oxygen atoms in total. The predicted octanol–water partition coefficient (Wildman–Crippen LogP) is 3.87. The molecule has 1 aromatic carbocycles. The second-order valence-corrected chi connectivity index (χ2v) is 9.68. The van der Waals surface area contributed by atoms with E-state index in [4.69, 9.17) is 17.3 Å². The van der Waals surface area contributed by atoms with Crippen molar-refractivity contribution in [3.05, 3.63) is 46.8 Å². The molecule has 0 fully saturated rings. The van der Waals surface area contributed by atoms with Gasteiger partial charge in [0.15, 0.2) is 9.92 Å². The van der Waals surface area contributed by atoms with E-state index in [9.17, 15) is 13.8 Å². The average Bonchev–Trinajstić information content (AvgIpc) is 3.02. The van der Waals surface area contributed by atoms with Gasteiger partial charge in [0.1, 0.15) is 4.21 Å². The van der Waals surface area contributed by atoms with Gasteiger partial charge >= 0.3 is 6.03 Å². The normalized spacial score (nSPS) is 14.3. The molecule has 0 saturated carbocycles. The van der Waals surface area contributed by atoms with Crippen LogP contribution < -0.4 is 15.8 Å². The molecule has 27 heavy (non-hydrogen) atoms. The summed E-state index contributed by atoms with van der Waals surface area (Å²) in [5, 5.41) is 4.43. The van der Waals surface area contributed by atoms with Crippen LogP contribution in [-0.2, 0) is 14.7 Å². The zero-order valence-corrected chi connectivity index (χ0v) is 17.2. The van der Waals surface area contributed by atoms with E-state index in [-0.39, 0.29) is 10.1 Å². The highest BCUT2D eigenvalue weighted by atomic mass is 35.5. The smallest absolute Gasteiger partial charge is 0.320 e. The molecule has 0 aliphatic carbocycles. The number of rotatable bonds is 6. The quantitative estimate of drug-likeness (QED) is 0.647. The number of benzene rings is 1. The molecule has 0 aliphatic heterocycles. The number of nitrogens with two attached hydrogens (primary N) is 1. The van der Waals surface area contributed by atoms with Crippen molar-refractivity contribution in [2.75, 3.05) is 5.32 Å². The van der Waals surface area contributed by atoms with Crippen LogP contribution in [0.1, 0.15) is 20.3 Å². The fourth-order valence-corrected chi connectivity index (χ4v) is 5.15. The molecule has 2 aromatic rings. The van der Waals surface area contributed by atoms with Gasteiger partial charge in [0.2, 0.25) is 0 Å². The summed E-state index contributed by atoms with van der Waals surface area (Å²) < 4.78 is 19.6. The standard InChI is InChI=1S/C17H21ClN4O3S2/c1-11(2)8-14(19)16(23)21-27(25,15-9-12(18)10-26-15)22-17(24)20-13-6-4-3-5-7-13/h3-7,9-11,14H,8,19H2,1-2H3,(H2,20,21,22,23,24,25)/t14-,27?/m0/s1. The van der Waals surface area contributed by atoms with E-state index in [0.29, 0.717) is 17.1 Å². The SMILES string of the molecule is CC(C)C[C@H](N)C(=O)N=S(=O)(NC(=O)Nc1ccccc1)c1cc(Cl)cs1. The van der Waals surface area contributed by atoms with Gasteiger partial charge in [-0.1, -0.05) is 43.6 Å². The van der Waals surface area contributed by atoms with Crippen LogP contribution in [0.4, 0.5) is 10.5 Å². The third kappa shape index (κ3) is 6.31. The van der Waals surface area contributed by atoms with Gasteiger partial charge in [-0.25, -0.2) is 13.7 Å². The molecule has 146 valence electrons. The largest absolute Gasteiger partial charge is 0.331 e. The highest BCUT2D eigenvalue weighted by molar-refractivity contribution is 7.94. The summed E-state index contributed by atoms with van der Waals surface area (Å²) in [7, 11) is -3.58. The molecule has 0 radical (unpaired) electrons. The van der Waals surface area contributed by atoms with Crippen molar-refractivity contribution in [3.8, 4) is 0 Å². The number of para-hydroxylation sites is 1. The Morgan fingerprint density at radius 3 is 2.52 bits per heavy atom. The fourth-order valence-electron chi connectivity index (χ4n) is 2.17. The van der Waals surface area contributed by atoms with Crippen LogP contribution in [-0.4, -0.2) is 22.2 Å². The number of hydrogen-bond donors (Lipinski definition) is 3. The Balaban J connectivity index is 2.30. The molecule has 1 unspecified atom stereocenters. The Kier molecular flexibility index (Phi) is 7.37. The summed E-state index contributed by atoms with van der Waals surface area (Å²) in [6.07, 6.45) is 0.388. The van der Waals surface area contributed by atoms with Gasteiger partial charge in [-0.15, -0.1) is 15.7 Å². The molecule has 1 heterocycles. The number of hydrogen-bond acceptors (Lipinski definition) is 5. The second kappa shape index (κ2) is 9.32. The first-order valence-corrected chi connectivity index (χ1v) is 10.9. The van der Waals surface area contributed by atoms with Crippen molar-refractivity contribution in [3.63, 3.8) is 0 Å². The first-order chi connectivity index (χ1) is 12.7. The Morgan fingerprint density at radius 1 is 1.30 bits per heavy atom. The summed E-state index contributed by atoms with van der Waals surface area (Å²) in [5.41, 5.74) is 6.35. The third-order valence-electron chi connectivity index (χ3n) is 3.34. The lowest BCUT2D eigenvalue weighted by atomic mass is 10.0. The highest BCUT2D eigenvalue weighted by Gasteiger charge is 2.23. The van der Waals surface area contributed by atoms with Crippen molar-refractivity contribution >= 4 is 50.5 Å². The number of carbonyl (C=O) groups excluding carboxylic acids is 2. The molecule has 0 bridgehead atoms. The van der Waals surface area contributed by atoms with Gasteiger partial charge in [0.25, 0.3) is 5.91 Å². The maximum atomic E-state index is 13.3. The first-order valence-electron chi connectivity index (χ1n) is 8.14. The molecule has 3 amide bonds. The van der Waals surface area contributed by atoms with E-state index < -0.39 is 27.9 Å². The van der Waals surface area contributed by atoms with E-state index in [1.807, 2.05) is 13.8 Å². The van der Waals surface area contributed by atoms with E-state index in [1.165, 1.54) is 6.07 Å². The van der Waals surface area contributed by atoms with E-state index in [0.717, 1.165) is 11.3 Å². The number of nitrogens with zero attached hydrogens (tertiary/aromatic N) is 1. The van der Waals surface area contributed by atoms with Crippen molar-refractivity contribution in [2.24, 2.45) is 16.0 Å². The number of nitrogens with one attached hydrogen (secondary N) is 2. The zero-order chi connectivity index (χ0) is 20.0. The summed E-state index contributed by atoms with van der Waals surface area (Å²) in [6.45, 7) is 3.82. The van der Waals surface area contributed by atoms with E-state index >= 15 is 0 Å². The lowest BCUT2D eigenvalue weighted by molar-refractivity contribution is -0.119. The fraction of sp³-hybridized carbons (Fsp3) is 0.294. The molecule has 10 heteroatoms. The van der Waals surface area contributed by atoms with Crippen LogP contribution >= 0.6 is 22.9 Å². The first kappa shape index (κ1) is 21.4. The number of carbonyl (C=O) groups is 2. The number of halogens is 1. The second-order valence-electron chi connectivity index (χ2n) is 6.20. The average molecular weight is 429 g/mol. The predicted molar refractivity (Wildman–Crippen MR) is 109 cm³/mol. The molecule has 0 aliphatic rings. The highest BCUT2D eigenvalue weighted by Crippen LogP contribution is 2.25. The van der Waals surface area contributed by atoms with Gasteiger partial charge in [-0.2, -0.15) is 0 Å². The number of amides is 3. The van der Waals surface area contributed by atoms with Crippen molar-refractivity contribution < 1.29 is 13.8 Å². The van der Waals surface area contributed by atoms with E-state index in [1.54, 1.807) is 35.7 Å². The minimum Gasteiger partial charge on any atom is -0.320 e. The molecule has 1 aromatic heterocycles. The number of anilines is 1. The van der Waals surface area contributed by atoms with Gasteiger partial charge in [0.05, 0.1) is 11.1 Å². The Labute approximate surface area is 167 Å². The summed E-state index contributed by atoms with van der Waals surface area (Å²) in [5.74, 6) is -0.570. The van der Waals surface area contributed by atoms with Crippen molar-refractivity contribution in [1.29, 1.82) is 0 Å². The Hall–Kier alpha value is -1.94. The minimum atomic E-state index is -3.58. The van der Waals surface area contributed by atoms with Crippen LogP contribution in [0.2, 0.25) is 5.02 Å². The molecular formula is C17H21ClN4O3S2. The minimum absolute atomic E-state index is 0.167. The van der Waals surface area contributed by atoms with Crippen LogP contribution in [0.25, 0.3) is 0 Å². The van der Waals surface area contributed by atoms with Crippen LogP contribution in [0.15, 0.2) is 50.4 Å².